The first-order chi connectivity index (χ1) is 5.22. The highest BCUT2D eigenvalue weighted by atomic mass is 19.1. The van der Waals surface area contributed by atoms with Gasteiger partial charge in [0.05, 0.1) is 0 Å². The maximum Gasteiger partial charge on any atom is 0.114 e. The highest BCUT2D eigenvalue weighted by Crippen LogP contribution is 2.18. The van der Waals surface area contributed by atoms with Gasteiger partial charge < -0.3 is 5.32 Å². The second kappa shape index (κ2) is 4.05. The van der Waals surface area contributed by atoms with Crippen LogP contribution in [0.15, 0.2) is 0 Å². The summed E-state index contributed by atoms with van der Waals surface area (Å²) in [6, 6.07) is 0.444. The van der Waals surface area contributed by atoms with Gasteiger partial charge in [0.2, 0.25) is 0 Å². The molecule has 1 rings (SSSR count). The first-order valence-electron chi connectivity index (χ1n) is 4.59. The minimum absolute atomic E-state index is 0.444. The molecule has 0 aromatic rings. The van der Waals surface area contributed by atoms with Crippen LogP contribution in [0.5, 0.6) is 0 Å². The van der Waals surface area contributed by atoms with Crippen LogP contribution >= 0.6 is 0 Å². The molecule has 0 amide bonds. The maximum absolute atomic E-state index is 12.7. The van der Waals surface area contributed by atoms with Gasteiger partial charge in [0.1, 0.15) is 6.17 Å². The zero-order chi connectivity index (χ0) is 8.27. The average molecular weight is 159 g/mol. The van der Waals surface area contributed by atoms with Crippen LogP contribution in [0.25, 0.3) is 0 Å². The number of rotatable bonds is 3. The normalized spacial score (nSPS) is 34.1. The van der Waals surface area contributed by atoms with E-state index in [2.05, 4.69) is 19.2 Å². The van der Waals surface area contributed by atoms with Crippen molar-refractivity contribution in [3.05, 3.63) is 0 Å². The summed E-state index contributed by atoms with van der Waals surface area (Å²) in [6.07, 6.45) is 2.47. The first-order valence-corrected chi connectivity index (χ1v) is 4.59. The largest absolute Gasteiger partial charge is 0.311 e. The minimum atomic E-state index is -0.593. The summed E-state index contributed by atoms with van der Waals surface area (Å²) in [6.45, 7) is 4.99. The molecule has 1 nitrogen and oxygen atoms in total. The van der Waals surface area contributed by atoms with Gasteiger partial charge in [-0.25, -0.2) is 4.39 Å². The Morgan fingerprint density at radius 3 is 2.82 bits per heavy atom. The Labute approximate surface area is 68.4 Å². The van der Waals surface area contributed by atoms with E-state index in [1.54, 1.807) is 0 Å². The highest BCUT2D eigenvalue weighted by Gasteiger charge is 2.24. The average Bonchev–Trinajstić information content (AvgIpc) is 2.35. The molecule has 0 aromatic heterocycles. The standard InChI is InChI=1S/C9H18FN/c1-3-7(2)4-9-5-8(10)6-11-9/h7-9,11H,3-6H2,1-2H3/t7?,8-,9-/m1/s1. The van der Waals surface area contributed by atoms with E-state index in [1.165, 1.54) is 6.42 Å². The van der Waals surface area contributed by atoms with Crippen molar-refractivity contribution in [1.82, 2.24) is 5.32 Å². The zero-order valence-corrected chi connectivity index (χ0v) is 7.44. The lowest BCUT2D eigenvalue weighted by Gasteiger charge is -2.14. The number of nitrogens with one attached hydrogen (secondary N) is 1. The van der Waals surface area contributed by atoms with E-state index in [-0.39, 0.29) is 0 Å². The smallest absolute Gasteiger partial charge is 0.114 e. The molecule has 66 valence electrons. The van der Waals surface area contributed by atoms with Crippen LogP contribution in [-0.2, 0) is 0 Å². The van der Waals surface area contributed by atoms with Crippen molar-refractivity contribution in [1.29, 1.82) is 0 Å². The molecule has 0 aromatic carbocycles. The summed E-state index contributed by atoms with van der Waals surface area (Å²) in [5.74, 6) is 0.734. The molecule has 1 aliphatic rings. The lowest BCUT2D eigenvalue weighted by Crippen LogP contribution is -2.23. The molecule has 1 aliphatic heterocycles. The predicted octanol–water partition coefficient (Wildman–Crippen LogP) is 2.12. The summed E-state index contributed by atoms with van der Waals surface area (Å²) in [5.41, 5.74) is 0. The summed E-state index contributed by atoms with van der Waals surface area (Å²) in [7, 11) is 0. The fraction of sp³-hybridized carbons (Fsp3) is 1.00. The van der Waals surface area contributed by atoms with E-state index < -0.39 is 6.17 Å². The van der Waals surface area contributed by atoms with Gasteiger partial charge in [0, 0.05) is 12.6 Å². The fourth-order valence-corrected chi connectivity index (χ4v) is 1.60. The monoisotopic (exact) mass is 159 g/mol. The lowest BCUT2D eigenvalue weighted by atomic mass is 9.98. The maximum atomic E-state index is 12.7. The van der Waals surface area contributed by atoms with E-state index in [1.807, 2.05) is 0 Å². The van der Waals surface area contributed by atoms with Crippen molar-refractivity contribution in [2.75, 3.05) is 6.54 Å². The Morgan fingerprint density at radius 2 is 2.36 bits per heavy atom. The topological polar surface area (TPSA) is 12.0 Å². The second-order valence-corrected chi connectivity index (χ2v) is 3.69. The summed E-state index contributed by atoms with van der Waals surface area (Å²) >= 11 is 0. The van der Waals surface area contributed by atoms with Crippen molar-refractivity contribution < 1.29 is 4.39 Å². The molecular formula is C9H18FN. The summed E-state index contributed by atoms with van der Waals surface area (Å²) in [5, 5.41) is 3.20. The number of hydrogen-bond acceptors (Lipinski definition) is 1. The Bertz CT molecular complexity index is 116. The van der Waals surface area contributed by atoms with Crippen LogP contribution in [0.3, 0.4) is 0 Å². The van der Waals surface area contributed by atoms with Gasteiger partial charge in [-0.15, -0.1) is 0 Å². The SMILES string of the molecule is CCC(C)C[C@@H]1C[C@@H](F)CN1. The van der Waals surface area contributed by atoms with E-state index in [4.69, 9.17) is 0 Å². The number of halogens is 1. The van der Waals surface area contributed by atoms with E-state index in [0.29, 0.717) is 12.6 Å². The molecule has 0 saturated carbocycles. The van der Waals surface area contributed by atoms with Crippen molar-refractivity contribution >= 4 is 0 Å². The lowest BCUT2D eigenvalue weighted by molar-refractivity contribution is 0.346. The molecule has 1 unspecified atom stereocenters. The van der Waals surface area contributed by atoms with Gasteiger partial charge in [-0.05, 0) is 18.8 Å². The van der Waals surface area contributed by atoms with Crippen LogP contribution in [0.1, 0.15) is 33.1 Å². The van der Waals surface area contributed by atoms with E-state index in [9.17, 15) is 4.39 Å². The van der Waals surface area contributed by atoms with E-state index in [0.717, 1.165) is 18.8 Å². The van der Waals surface area contributed by atoms with Gasteiger partial charge in [0.25, 0.3) is 0 Å². The minimum Gasteiger partial charge on any atom is -0.311 e. The number of hydrogen-bond donors (Lipinski definition) is 1. The summed E-state index contributed by atoms with van der Waals surface area (Å²) in [4.78, 5) is 0. The van der Waals surface area contributed by atoms with Crippen LogP contribution in [0.2, 0.25) is 0 Å². The van der Waals surface area contributed by atoms with Gasteiger partial charge in [0.15, 0.2) is 0 Å². The molecule has 0 radical (unpaired) electrons. The van der Waals surface area contributed by atoms with Gasteiger partial charge in [-0.3, -0.25) is 0 Å². The third-order valence-corrected chi connectivity index (χ3v) is 2.55. The van der Waals surface area contributed by atoms with Crippen molar-refractivity contribution in [2.45, 2.75) is 45.3 Å². The van der Waals surface area contributed by atoms with Crippen LogP contribution in [0.4, 0.5) is 4.39 Å². The molecule has 1 heterocycles. The highest BCUT2D eigenvalue weighted by molar-refractivity contribution is 4.82. The Morgan fingerprint density at radius 1 is 1.64 bits per heavy atom. The second-order valence-electron chi connectivity index (χ2n) is 3.69. The molecule has 0 aliphatic carbocycles. The third kappa shape index (κ3) is 2.78. The predicted molar refractivity (Wildman–Crippen MR) is 45.4 cm³/mol. The third-order valence-electron chi connectivity index (χ3n) is 2.55. The van der Waals surface area contributed by atoms with Gasteiger partial charge in [-0.1, -0.05) is 20.3 Å². The molecule has 1 fully saturated rings. The van der Waals surface area contributed by atoms with Gasteiger partial charge in [-0.2, -0.15) is 0 Å². The molecule has 3 atom stereocenters. The Balaban J connectivity index is 2.17. The van der Waals surface area contributed by atoms with Crippen LogP contribution < -0.4 is 5.32 Å². The van der Waals surface area contributed by atoms with Crippen molar-refractivity contribution in [3.8, 4) is 0 Å². The summed E-state index contributed by atoms with van der Waals surface area (Å²) < 4.78 is 12.7. The van der Waals surface area contributed by atoms with Crippen LogP contribution in [-0.4, -0.2) is 18.8 Å². The van der Waals surface area contributed by atoms with E-state index >= 15 is 0 Å². The first kappa shape index (κ1) is 8.98. The zero-order valence-electron chi connectivity index (χ0n) is 7.44. The quantitative estimate of drug-likeness (QED) is 0.665. The fourth-order valence-electron chi connectivity index (χ4n) is 1.60. The van der Waals surface area contributed by atoms with Crippen LogP contribution in [0, 0.1) is 5.92 Å². The molecular weight excluding hydrogens is 141 g/mol. The van der Waals surface area contributed by atoms with Crippen molar-refractivity contribution in [2.24, 2.45) is 5.92 Å². The number of alkyl halides is 1. The Hall–Kier alpha value is -0.110. The molecule has 1 N–H and O–H groups in total. The molecule has 11 heavy (non-hydrogen) atoms. The molecule has 1 saturated heterocycles. The molecule has 0 bridgehead atoms. The molecule has 0 spiro atoms. The van der Waals surface area contributed by atoms with Gasteiger partial charge >= 0.3 is 0 Å². The molecule has 2 heteroatoms. The van der Waals surface area contributed by atoms with Crippen molar-refractivity contribution in [3.63, 3.8) is 0 Å². The Kier molecular flexibility index (Phi) is 3.31.